The maximum Gasteiger partial charge on any atom is 0.255 e. The van der Waals surface area contributed by atoms with Crippen molar-refractivity contribution in [2.45, 2.75) is 18.9 Å². The Labute approximate surface area is 189 Å². The molecule has 8 nitrogen and oxygen atoms in total. The lowest BCUT2D eigenvalue weighted by molar-refractivity contribution is 0.0745. The second-order valence-electron chi connectivity index (χ2n) is 8.44. The van der Waals surface area contributed by atoms with Gasteiger partial charge in [0.1, 0.15) is 5.82 Å². The van der Waals surface area contributed by atoms with Crippen LogP contribution in [-0.4, -0.2) is 81.2 Å². The van der Waals surface area contributed by atoms with Crippen molar-refractivity contribution in [1.29, 1.82) is 0 Å². The second-order valence-corrected chi connectivity index (χ2v) is 8.44. The van der Waals surface area contributed by atoms with Crippen molar-refractivity contribution in [3.05, 3.63) is 53.7 Å². The maximum atomic E-state index is 12.9. The number of ether oxygens (including phenoxy) is 1. The number of nitrogens with zero attached hydrogens (tertiary/aromatic N) is 4. The summed E-state index contributed by atoms with van der Waals surface area (Å²) in [5.41, 5.74) is 2.31. The van der Waals surface area contributed by atoms with Crippen molar-refractivity contribution in [3.8, 4) is 0 Å². The van der Waals surface area contributed by atoms with Gasteiger partial charge in [-0.3, -0.25) is 9.59 Å². The summed E-state index contributed by atoms with van der Waals surface area (Å²) >= 11 is 0. The number of piperazine rings is 1. The van der Waals surface area contributed by atoms with Crippen LogP contribution in [0.15, 0.2) is 42.6 Å². The highest BCUT2D eigenvalue weighted by molar-refractivity contribution is 5.99. The molecule has 3 heterocycles. The molecule has 4 rings (SSSR count). The minimum atomic E-state index is -0.136. The number of carbonyl (C=O) groups excluding carboxylic acids is 2. The Morgan fingerprint density at radius 3 is 2.53 bits per heavy atom. The van der Waals surface area contributed by atoms with Crippen LogP contribution in [0, 0.1) is 0 Å². The largest absolute Gasteiger partial charge is 0.378 e. The van der Waals surface area contributed by atoms with Gasteiger partial charge in [-0.25, -0.2) is 4.98 Å². The number of pyridine rings is 1. The molecule has 2 amide bonds. The van der Waals surface area contributed by atoms with E-state index in [2.05, 4.69) is 15.2 Å². The highest BCUT2D eigenvalue weighted by Gasteiger charge is 2.26. The van der Waals surface area contributed by atoms with Crippen LogP contribution < -0.4 is 15.1 Å². The van der Waals surface area contributed by atoms with E-state index in [4.69, 9.17) is 4.74 Å². The van der Waals surface area contributed by atoms with Gasteiger partial charge in [-0.15, -0.1) is 0 Å². The summed E-state index contributed by atoms with van der Waals surface area (Å²) < 4.78 is 5.59. The number of amides is 2. The molecular formula is C24H31N5O3. The third kappa shape index (κ3) is 5.02. The van der Waals surface area contributed by atoms with E-state index in [1.807, 2.05) is 48.2 Å². The third-order valence-electron chi connectivity index (χ3n) is 6.04. The fraction of sp³-hybridized carbons (Fsp3) is 0.458. The number of aromatic nitrogens is 1. The summed E-state index contributed by atoms with van der Waals surface area (Å²) in [6, 6.07) is 11.2. The molecule has 0 spiro atoms. The number of carbonyl (C=O) groups is 2. The molecule has 0 unspecified atom stereocenters. The summed E-state index contributed by atoms with van der Waals surface area (Å²) in [5.74, 6) is 0.563. The SMILES string of the molecule is CN(C)c1ccc(C(=O)N2CCN(c3ncccc3C(=O)NC[C@@H]3CCCO3)CC2)cc1. The lowest BCUT2D eigenvalue weighted by atomic mass is 10.1. The molecule has 1 atom stereocenters. The zero-order valence-electron chi connectivity index (χ0n) is 18.8. The number of benzene rings is 1. The highest BCUT2D eigenvalue weighted by Crippen LogP contribution is 2.21. The van der Waals surface area contributed by atoms with Gasteiger partial charge in [0.05, 0.1) is 11.7 Å². The van der Waals surface area contributed by atoms with Crippen LogP contribution in [0.1, 0.15) is 33.6 Å². The van der Waals surface area contributed by atoms with E-state index in [-0.39, 0.29) is 17.9 Å². The molecule has 2 aliphatic rings. The maximum absolute atomic E-state index is 12.9. The van der Waals surface area contributed by atoms with Gasteiger partial charge in [-0.05, 0) is 49.2 Å². The van der Waals surface area contributed by atoms with Crippen LogP contribution in [0.3, 0.4) is 0 Å². The molecule has 2 aromatic rings. The number of hydrogen-bond acceptors (Lipinski definition) is 6. The van der Waals surface area contributed by atoms with Crippen molar-refractivity contribution >= 4 is 23.3 Å². The van der Waals surface area contributed by atoms with Gasteiger partial charge >= 0.3 is 0 Å². The number of hydrogen-bond donors (Lipinski definition) is 1. The lowest BCUT2D eigenvalue weighted by Crippen LogP contribution is -2.49. The molecule has 2 saturated heterocycles. The second kappa shape index (κ2) is 9.99. The standard InChI is InChI=1S/C24H31N5O3/c1-27(2)19-9-7-18(8-10-19)24(31)29-14-12-28(13-15-29)22-21(6-3-11-25-22)23(30)26-17-20-5-4-16-32-20/h3,6-11,20H,4-5,12-17H2,1-2H3,(H,26,30)/t20-/m0/s1. The normalized spacial score (nSPS) is 18.5. The molecule has 8 heteroatoms. The predicted molar refractivity (Wildman–Crippen MR) is 124 cm³/mol. The first kappa shape index (κ1) is 22.1. The van der Waals surface area contributed by atoms with Crippen LogP contribution in [0.4, 0.5) is 11.5 Å². The van der Waals surface area contributed by atoms with Crippen LogP contribution in [0.5, 0.6) is 0 Å². The van der Waals surface area contributed by atoms with Crippen LogP contribution >= 0.6 is 0 Å². The topological polar surface area (TPSA) is 78.0 Å². The zero-order valence-corrected chi connectivity index (χ0v) is 18.8. The molecule has 2 aliphatic heterocycles. The molecule has 32 heavy (non-hydrogen) atoms. The molecule has 0 saturated carbocycles. The molecule has 1 N–H and O–H groups in total. The zero-order chi connectivity index (χ0) is 22.5. The molecule has 0 bridgehead atoms. The van der Waals surface area contributed by atoms with E-state index in [0.717, 1.165) is 25.1 Å². The van der Waals surface area contributed by atoms with Gasteiger partial charge in [-0.1, -0.05) is 0 Å². The van der Waals surface area contributed by atoms with Gasteiger partial charge in [0.2, 0.25) is 0 Å². The summed E-state index contributed by atoms with van der Waals surface area (Å²) in [7, 11) is 3.95. The van der Waals surface area contributed by atoms with E-state index < -0.39 is 0 Å². The first-order valence-electron chi connectivity index (χ1n) is 11.2. The Morgan fingerprint density at radius 2 is 1.88 bits per heavy atom. The van der Waals surface area contributed by atoms with E-state index in [0.29, 0.717) is 49.7 Å². The Kier molecular flexibility index (Phi) is 6.90. The average Bonchev–Trinajstić information content (AvgIpc) is 3.36. The minimum Gasteiger partial charge on any atom is -0.378 e. The fourth-order valence-electron chi connectivity index (χ4n) is 4.14. The molecule has 1 aromatic heterocycles. The third-order valence-corrected chi connectivity index (χ3v) is 6.04. The lowest BCUT2D eigenvalue weighted by Gasteiger charge is -2.36. The van der Waals surface area contributed by atoms with Crippen LogP contribution in [-0.2, 0) is 4.74 Å². The van der Waals surface area contributed by atoms with Gasteiger partial charge in [0.25, 0.3) is 11.8 Å². The molecule has 2 fully saturated rings. The highest BCUT2D eigenvalue weighted by atomic mass is 16.5. The van der Waals surface area contributed by atoms with Crippen LogP contribution in [0.25, 0.3) is 0 Å². The Bertz CT molecular complexity index is 933. The van der Waals surface area contributed by atoms with Gasteiger partial charge in [0.15, 0.2) is 0 Å². The monoisotopic (exact) mass is 437 g/mol. The van der Waals surface area contributed by atoms with Crippen molar-refractivity contribution in [1.82, 2.24) is 15.2 Å². The predicted octanol–water partition coefficient (Wildman–Crippen LogP) is 2.02. The average molecular weight is 438 g/mol. The van der Waals surface area contributed by atoms with Crippen molar-refractivity contribution in [3.63, 3.8) is 0 Å². The molecule has 1 aromatic carbocycles. The first-order chi connectivity index (χ1) is 15.5. The molecule has 0 aliphatic carbocycles. The Morgan fingerprint density at radius 1 is 1.12 bits per heavy atom. The number of nitrogens with one attached hydrogen (secondary N) is 1. The quantitative estimate of drug-likeness (QED) is 0.745. The molecule has 170 valence electrons. The van der Waals surface area contributed by atoms with E-state index in [1.54, 1.807) is 18.3 Å². The summed E-state index contributed by atoms with van der Waals surface area (Å²) in [6.45, 7) is 3.71. The number of anilines is 2. The number of rotatable bonds is 6. The minimum absolute atomic E-state index is 0.0329. The van der Waals surface area contributed by atoms with Gasteiger partial charge < -0.3 is 24.8 Å². The Balaban J connectivity index is 1.36. The fourth-order valence-corrected chi connectivity index (χ4v) is 4.14. The summed E-state index contributed by atoms with van der Waals surface area (Å²) in [4.78, 5) is 36.1. The van der Waals surface area contributed by atoms with Gasteiger partial charge in [-0.2, -0.15) is 0 Å². The van der Waals surface area contributed by atoms with Crippen molar-refractivity contribution in [2.75, 3.05) is 63.2 Å². The van der Waals surface area contributed by atoms with E-state index >= 15 is 0 Å². The van der Waals surface area contributed by atoms with E-state index in [1.165, 1.54) is 0 Å². The van der Waals surface area contributed by atoms with Gasteiger partial charge in [0, 0.05) is 70.9 Å². The Hall–Kier alpha value is -3.13. The van der Waals surface area contributed by atoms with E-state index in [9.17, 15) is 9.59 Å². The molecule has 0 radical (unpaired) electrons. The van der Waals surface area contributed by atoms with Crippen molar-refractivity contribution < 1.29 is 14.3 Å². The van der Waals surface area contributed by atoms with Crippen LogP contribution in [0.2, 0.25) is 0 Å². The summed E-state index contributed by atoms with van der Waals surface area (Å²) in [6.07, 6.45) is 3.83. The van der Waals surface area contributed by atoms with Crippen molar-refractivity contribution in [2.24, 2.45) is 0 Å². The summed E-state index contributed by atoms with van der Waals surface area (Å²) in [5, 5.41) is 2.98. The molecular weight excluding hydrogens is 406 g/mol. The first-order valence-corrected chi connectivity index (χ1v) is 11.2. The smallest absolute Gasteiger partial charge is 0.255 e.